The quantitative estimate of drug-likeness (QED) is 0.844. The Morgan fingerprint density at radius 1 is 1.43 bits per heavy atom. The molecule has 1 saturated heterocycles. The van der Waals surface area contributed by atoms with Crippen molar-refractivity contribution in [3.63, 3.8) is 0 Å². The monoisotopic (exact) mass is 330 g/mol. The lowest BCUT2D eigenvalue weighted by atomic mass is 9.99. The number of alkyl halides is 1. The third-order valence-electron chi connectivity index (χ3n) is 3.92. The standard InChI is InChI=1S/C15H23ClN2O2S/c1-12(16)14-7-3-4-8-15(14)17-10-13-6-5-9-18(11-13)21(2,19)20/h3-4,7-8,12-13,17H,5-6,9-11H2,1-2H3. The number of anilines is 1. The van der Waals surface area contributed by atoms with Gasteiger partial charge >= 0.3 is 0 Å². The van der Waals surface area contributed by atoms with Crippen molar-refractivity contribution in [2.24, 2.45) is 5.92 Å². The van der Waals surface area contributed by atoms with E-state index in [1.54, 1.807) is 4.31 Å². The summed E-state index contributed by atoms with van der Waals surface area (Å²) in [5.74, 6) is 0.340. The molecule has 0 spiro atoms. The van der Waals surface area contributed by atoms with Crippen LogP contribution in [0, 0.1) is 5.92 Å². The van der Waals surface area contributed by atoms with Crippen LogP contribution in [-0.2, 0) is 10.0 Å². The van der Waals surface area contributed by atoms with Gasteiger partial charge in [0.25, 0.3) is 0 Å². The van der Waals surface area contributed by atoms with Crippen molar-refractivity contribution in [2.45, 2.75) is 25.1 Å². The van der Waals surface area contributed by atoms with E-state index in [4.69, 9.17) is 11.6 Å². The average molecular weight is 331 g/mol. The average Bonchev–Trinajstić information content (AvgIpc) is 2.45. The van der Waals surface area contributed by atoms with E-state index in [2.05, 4.69) is 5.32 Å². The maximum atomic E-state index is 11.6. The second-order valence-electron chi connectivity index (χ2n) is 5.71. The predicted octanol–water partition coefficient (Wildman–Crippen LogP) is 3.07. The number of para-hydroxylation sites is 1. The van der Waals surface area contributed by atoms with Gasteiger partial charge in [-0.3, -0.25) is 0 Å². The van der Waals surface area contributed by atoms with Gasteiger partial charge in [0.05, 0.1) is 11.6 Å². The molecule has 2 rings (SSSR count). The summed E-state index contributed by atoms with van der Waals surface area (Å²) in [6.07, 6.45) is 3.26. The van der Waals surface area contributed by atoms with Crippen molar-refractivity contribution in [2.75, 3.05) is 31.2 Å². The molecule has 1 aliphatic rings. The number of hydrogen-bond donors (Lipinski definition) is 1. The number of sulfonamides is 1. The highest BCUT2D eigenvalue weighted by Crippen LogP contribution is 2.28. The van der Waals surface area contributed by atoms with Crippen molar-refractivity contribution >= 4 is 27.3 Å². The van der Waals surface area contributed by atoms with Crippen LogP contribution < -0.4 is 5.32 Å². The van der Waals surface area contributed by atoms with Crippen LogP contribution in [-0.4, -0.2) is 38.6 Å². The molecule has 6 heteroatoms. The molecular formula is C15H23ClN2O2S. The van der Waals surface area contributed by atoms with Crippen LogP contribution in [0.15, 0.2) is 24.3 Å². The van der Waals surface area contributed by atoms with Crippen molar-refractivity contribution in [1.29, 1.82) is 0 Å². The molecule has 0 saturated carbocycles. The lowest BCUT2D eigenvalue weighted by Crippen LogP contribution is -2.41. The largest absolute Gasteiger partial charge is 0.384 e. The zero-order valence-corrected chi connectivity index (χ0v) is 14.1. The van der Waals surface area contributed by atoms with Crippen LogP contribution in [0.2, 0.25) is 0 Å². The molecule has 1 aliphatic heterocycles. The molecule has 0 bridgehead atoms. The fourth-order valence-corrected chi connectivity index (χ4v) is 3.89. The summed E-state index contributed by atoms with van der Waals surface area (Å²) in [5.41, 5.74) is 2.12. The number of hydrogen-bond acceptors (Lipinski definition) is 3. The molecule has 0 radical (unpaired) electrons. The summed E-state index contributed by atoms with van der Waals surface area (Å²) in [5, 5.41) is 3.38. The first-order chi connectivity index (χ1) is 9.88. The Morgan fingerprint density at radius 3 is 2.81 bits per heavy atom. The third-order valence-corrected chi connectivity index (χ3v) is 5.43. The zero-order valence-electron chi connectivity index (χ0n) is 12.5. The first-order valence-corrected chi connectivity index (χ1v) is 9.58. The second-order valence-corrected chi connectivity index (χ2v) is 8.35. The third kappa shape index (κ3) is 4.59. The normalized spacial score (nSPS) is 22.0. The number of benzene rings is 1. The Balaban J connectivity index is 1.97. The van der Waals surface area contributed by atoms with Gasteiger partial charge < -0.3 is 5.32 Å². The highest BCUT2D eigenvalue weighted by molar-refractivity contribution is 7.88. The summed E-state index contributed by atoms with van der Waals surface area (Å²) in [6.45, 7) is 3.97. The first-order valence-electron chi connectivity index (χ1n) is 7.30. The first kappa shape index (κ1) is 16.6. The summed E-state index contributed by atoms with van der Waals surface area (Å²) in [4.78, 5) is 0. The van der Waals surface area contributed by atoms with Gasteiger partial charge in [-0.05, 0) is 37.3 Å². The van der Waals surface area contributed by atoms with Crippen molar-refractivity contribution in [3.05, 3.63) is 29.8 Å². The van der Waals surface area contributed by atoms with E-state index >= 15 is 0 Å². The summed E-state index contributed by atoms with van der Waals surface area (Å²) >= 11 is 6.19. The molecule has 1 N–H and O–H groups in total. The van der Waals surface area contributed by atoms with Gasteiger partial charge in [-0.1, -0.05) is 18.2 Å². The van der Waals surface area contributed by atoms with E-state index in [1.165, 1.54) is 6.26 Å². The Hall–Kier alpha value is -0.780. The summed E-state index contributed by atoms with van der Waals surface area (Å²) in [7, 11) is -3.08. The van der Waals surface area contributed by atoms with Crippen LogP contribution >= 0.6 is 11.6 Å². The maximum absolute atomic E-state index is 11.6. The minimum atomic E-state index is -3.08. The Morgan fingerprint density at radius 2 is 2.14 bits per heavy atom. The number of piperidine rings is 1. The van der Waals surface area contributed by atoms with Gasteiger partial charge in [0.1, 0.15) is 0 Å². The van der Waals surface area contributed by atoms with E-state index in [1.807, 2.05) is 31.2 Å². The molecule has 21 heavy (non-hydrogen) atoms. The van der Waals surface area contributed by atoms with Gasteiger partial charge in [-0.2, -0.15) is 0 Å². The van der Waals surface area contributed by atoms with Crippen LogP contribution in [0.5, 0.6) is 0 Å². The fraction of sp³-hybridized carbons (Fsp3) is 0.600. The highest BCUT2D eigenvalue weighted by atomic mass is 35.5. The van der Waals surface area contributed by atoms with Crippen molar-refractivity contribution in [1.82, 2.24) is 4.31 Å². The van der Waals surface area contributed by atoms with E-state index in [-0.39, 0.29) is 5.38 Å². The SMILES string of the molecule is CC(Cl)c1ccccc1NCC1CCCN(S(C)(=O)=O)C1. The Kier molecular flexibility index (Phi) is 5.52. The molecule has 0 amide bonds. The lowest BCUT2D eigenvalue weighted by molar-refractivity contribution is 0.277. The van der Waals surface area contributed by atoms with Crippen molar-refractivity contribution in [3.8, 4) is 0 Å². The van der Waals surface area contributed by atoms with E-state index in [0.717, 1.165) is 30.6 Å². The number of nitrogens with zero attached hydrogens (tertiary/aromatic N) is 1. The number of rotatable bonds is 5. The minimum absolute atomic E-state index is 0.0485. The zero-order chi connectivity index (χ0) is 15.5. The minimum Gasteiger partial charge on any atom is -0.384 e. The van der Waals surface area contributed by atoms with Gasteiger partial charge in [0.2, 0.25) is 10.0 Å². The Bertz CT molecular complexity index is 575. The molecule has 118 valence electrons. The molecule has 4 nitrogen and oxygen atoms in total. The second kappa shape index (κ2) is 6.99. The van der Waals surface area contributed by atoms with Gasteiger partial charge in [0, 0.05) is 25.3 Å². The van der Waals surface area contributed by atoms with Crippen LogP contribution in [0.4, 0.5) is 5.69 Å². The van der Waals surface area contributed by atoms with Crippen LogP contribution in [0.1, 0.15) is 30.7 Å². The molecule has 0 aromatic heterocycles. The fourth-order valence-electron chi connectivity index (χ4n) is 2.75. The molecular weight excluding hydrogens is 308 g/mol. The summed E-state index contributed by atoms with van der Waals surface area (Å²) < 4.78 is 24.9. The predicted molar refractivity (Wildman–Crippen MR) is 88.3 cm³/mol. The molecule has 1 heterocycles. The van der Waals surface area contributed by atoms with Gasteiger partial charge in [0.15, 0.2) is 0 Å². The van der Waals surface area contributed by atoms with Crippen LogP contribution in [0.3, 0.4) is 0 Å². The molecule has 2 atom stereocenters. The molecule has 0 aliphatic carbocycles. The topological polar surface area (TPSA) is 49.4 Å². The van der Waals surface area contributed by atoms with Crippen molar-refractivity contribution < 1.29 is 8.42 Å². The number of halogens is 1. The van der Waals surface area contributed by atoms with E-state index < -0.39 is 10.0 Å². The van der Waals surface area contributed by atoms with Gasteiger partial charge in [-0.15, -0.1) is 11.6 Å². The molecule has 1 fully saturated rings. The molecule has 1 aromatic rings. The van der Waals surface area contributed by atoms with Crippen LogP contribution in [0.25, 0.3) is 0 Å². The molecule has 1 aromatic carbocycles. The maximum Gasteiger partial charge on any atom is 0.211 e. The number of nitrogens with one attached hydrogen (secondary N) is 1. The van der Waals surface area contributed by atoms with E-state index in [0.29, 0.717) is 19.0 Å². The van der Waals surface area contributed by atoms with E-state index in [9.17, 15) is 8.42 Å². The highest BCUT2D eigenvalue weighted by Gasteiger charge is 2.25. The molecule has 2 unspecified atom stereocenters. The smallest absolute Gasteiger partial charge is 0.211 e. The Labute approximate surface area is 132 Å². The lowest BCUT2D eigenvalue weighted by Gasteiger charge is -2.31. The van der Waals surface area contributed by atoms with Gasteiger partial charge in [-0.25, -0.2) is 12.7 Å². The summed E-state index contributed by atoms with van der Waals surface area (Å²) in [6, 6.07) is 8.00.